The van der Waals surface area contributed by atoms with Gasteiger partial charge < -0.3 is 10.1 Å². The number of nitrogens with one attached hydrogen (secondary N) is 1. The Kier molecular flexibility index (Phi) is 6.11. The predicted octanol–water partition coefficient (Wildman–Crippen LogP) is 4.44. The summed E-state index contributed by atoms with van der Waals surface area (Å²) in [5, 5.41) is 4.80. The number of aryl methyl sites for hydroxylation is 2. The second-order valence-electron chi connectivity index (χ2n) is 7.68. The van der Waals surface area contributed by atoms with Gasteiger partial charge in [-0.25, -0.2) is 4.79 Å². The van der Waals surface area contributed by atoms with Crippen molar-refractivity contribution in [1.82, 2.24) is 4.90 Å². The van der Waals surface area contributed by atoms with Gasteiger partial charge in [0, 0.05) is 10.9 Å². The number of carbonyl (C=O) groups is 4. The third-order valence-electron chi connectivity index (χ3n) is 5.38. The molecule has 3 aromatic rings. The number of rotatable bonds is 6. The molecule has 2 aromatic carbocycles. The second-order valence-corrected chi connectivity index (χ2v) is 8.56. The van der Waals surface area contributed by atoms with Gasteiger partial charge in [-0.1, -0.05) is 35.9 Å². The van der Waals surface area contributed by atoms with E-state index in [4.69, 9.17) is 4.74 Å². The van der Waals surface area contributed by atoms with Crippen molar-refractivity contribution in [2.24, 2.45) is 0 Å². The third kappa shape index (κ3) is 4.17. The molecule has 2 heterocycles. The van der Waals surface area contributed by atoms with Crippen molar-refractivity contribution in [2.75, 3.05) is 18.5 Å². The summed E-state index contributed by atoms with van der Waals surface area (Å²) in [7, 11) is 0. The minimum atomic E-state index is -0.580. The van der Waals surface area contributed by atoms with Crippen LogP contribution in [0.3, 0.4) is 0 Å². The lowest BCUT2D eigenvalue weighted by molar-refractivity contribution is -0.116. The fourth-order valence-corrected chi connectivity index (χ4v) is 4.83. The van der Waals surface area contributed by atoms with Gasteiger partial charge in [-0.15, -0.1) is 11.3 Å². The Morgan fingerprint density at radius 1 is 0.970 bits per heavy atom. The minimum Gasteiger partial charge on any atom is -0.462 e. The molecule has 1 aliphatic rings. The van der Waals surface area contributed by atoms with Crippen LogP contribution in [-0.4, -0.2) is 41.7 Å². The van der Waals surface area contributed by atoms with Gasteiger partial charge in [0.25, 0.3) is 11.8 Å². The monoisotopic (exact) mass is 462 g/mol. The Morgan fingerprint density at radius 2 is 1.64 bits per heavy atom. The van der Waals surface area contributed by atoms with Crippen molar-refractivity contribution >= 4 is 40.0 Å². The van der Waals surface area contributed by atoms with E-state index in [9.17, 15) is 19.2 Å². The molecule has 0 atom stereocenters. The molecule has 1 aromatic heterocycles. The number of ether oxygens (including phenoxy) is 1. The van der Waals surface area contributed by atoms with Crippen LogP contribution in [0.5, 0.6) is 0 Å². The van der Waals surface area contributed by atoms with Gasteiger partial charge >= 0.3 is 5.97 Å². The molecule has 0 aliphatic carbocycles. The number of amides is 3. The lowest BCUT2D eigenvalue weighted by Gasteiger charge is -2.14. The summed E-state index contributed by atoms with van der Waals surface area (Å²) < 4.78 is 5.24. The first-order valence-corrected chi connectivity index (χ1v) is 11.3. The zero-order valence-electron chi connectivity index (χ0n) is 18.4. The van der Waals surface area contributed by atoms with Gasteiger partial charge in [0.2, 0.25) is 5.91 Å². The summed E-state index contributed by atoms with van der Waals surface area (Å²) in [4.78, 5) is 51.6. The molecular weight excluding hydrogens is 440 g/mol. The number of imide groups is 1. The lowest BCUT2D eigenvalue weighted by Crippen LogP contribution is -2.37. The third-order valence-corrected chi connectivity index (χ3v) is 6.27. The minimum absolute atomic E-state index is 0.184. The largest absolute Gasteiger partial charge is 0.462 e. The standard InChI is InChI=1S/C25H22N2O5S/c1-4-32-25(31)21-19(16-10-9-14(2)11-15(16)3)13-33-22(21)26-20(28)12-27-23(29)17-7-5-6-8-18(17)24(27)30/h5-11,13H,4,12H2,1-3H3,(H,26,28). The molecule has 0 radical (unpaired) electrons. The zero-order chi connectivity index (χ0) is 23.7. The predicted molar refractivity (Wildman–Crippen MR) is 126 cm³/mol. The van der Waals surface area contributed by atoms with Gasteiger partial charge in [-0.2, -0.15) is 0 Å². The maximum atomic E-state index is 12.8. The second kappa shape index (κ2) is 8.99. The van der Waals surface area contributed by atoms with Gasteiger partial charge in [0.1, 0.15) is 17.1 Å². The average molecular weight is 463 g/mol. The topological polar surface area (TPSA) is 92.8 Å². The van der Waals surface area contributed by atoms with Crippen molar-refractivity contribution in [1.29, 1.82) is 0 Å². The molecule has 0 unspecified atom stereocenters. The molecule has 3 amide bonds. The number of thiophene rings is 1. The SMILES string of the molecule is CCOC(=O)c1c(-c2ccc(C)cc2C)csc1NC(=O)CN1C(=O)c2ccccc2C1=O. The Labute approximate surface area is 195 Å². The first-order chi connectivity index (χ1) is 15.8. The van der Waals surface area contributed by atoms with E-state index in [2.05, 4.69) is 5.32 Å². The smallest absolute Gasteiger partial charge is 0.341 e. The summed E-state index contributed by atoms with van der Waals surface area (Å²) in [5.74, 6) is -2.16. The van der Waals surface area contributed by atoms with E-state index in [0.29, 0.717) is 10.6 Å². The van der Waals surface area contributed by atoms with Crippen LogP contribution in [0.15, 0.2) is 47.8 Å². The van der Waals surface area contributed by atoms with Crippen molar-refractivity contribution in [2.45, 2.75) is 20.8 Å². The Balaban J connectivity index is 1.61. The summed E-state index contributed by atoms with van der Waals surface area (Å²) in [5.41, 5.74) is 4.41. The first-order valence-electron chi connectivity index (χ1n) is 10.4. The van der Waals surface area contributed by atoms with E-state index in [1.165, 1.54) is 11.3 Å². The summed E-state index contributed by atoms with van der Waals surface area (Å²) in [6, 6.07) is 12.3. The fourth-order valence-electron chi connectivity index (χ4n) is 3.86. The molecule has 8 heteroatoms. The molecule has 7 nitrogen and oxygen atoms in total. The number of benzene rings is 2. The average Bonchev–Trinajstić information content (AvgIpc) is 3.29. The lowest BCUT2D eigenvalue weighted by atomic mass is 9.97. The summed E-state index contributed by atoms with van der Waals surface area (Å²) in [6.07, 6.45) is 0. The van der Waals surface area contributed by atoms with Gasteiger partial charge in [-0.05, 0) is 44.0 Å². The maximum Gasteiger partial charge on any atom is 0.341 e. The van der Waals surface area contributed by atoms with Crippen LogP contribution >= 0.6 is 11.3 Å². The molecule has 0 bridgehead atoms. The van der Waals surface area contributed by atoms with E-state index >= 15 is 0 Å². The van der Waals surface area contributed by atoms with Crippen molar-refractivity contribution < 1.29 is 23.9 Å². The van der Waals surface area contributed by atoms with E-state index < -0.39 is 30.2 Å². The molecule has 1 aliphatic heterocycles. The molecule has 0 spiro atoms. The number of fused-ring (bicyclic) bond motifs is 1. The van der Waals surface area contributed by atoms with Crippen LogP contribution in [0.4, 0.5) is 5.00 Å². The summed E-state index contributed by atoms with van der Waals surface area (Å²) in [6.45, 7) is 5.38. The highest BCUT2D eigenvalue weighted by Gasteiger charge is 2.36. The first kappa shape index (κ1) is 22.4. The van der Waals surface area contributed by atoms with Gasteiger partial charge in [0.15, 0.2) is 0 Å². The molecule has 4 rings (SSSR count). The quantitative estimate of drug-likeness (QED) is 0.432. The highest BCUT2D eigenvalue weighted by atomic mass is 32.1. The van der Waals surface area contributed by atoms with E-state index in [0.717, 1.165) is 21.6 Å². The number of hydrogen-bond acceptors (Lipinski definition) is 6. The highest BCUT2D eigenvalue weighted by Crippen LogP contribution is 2.38. The van der Waals surface area contributed by atoms with Crippen LogP contribution in [0, 0.1) is 13.8 Å². The van der Waals surface area contributed by atoms with Crippen molar-refractivity contribution in [3.63, 3.8) is 0 Å². The highest BCUT2D eigenvalue weighted by molar-refractivity contribution is 7.15. The van der Waals surface area contributed by atoms with E-state index in [1.807, 2.05) is 32.0 Å². The zero-order valence-corrected chi connectivity index (χ0v) is 19.2. The Hall–Kier alpha value is -3.78. The number of anilines is 1. The molecule has 0 fully saturated rings. The number of carbonyl (C=O) groups excluding carboxylic acids is 4. The molecule has 0 saturated heterocycles. The fraction of sp³-hybridized carbons (Fsp3) is 0.200. The maximum absolute atomic E-state index is 12.8. The normalized spacial score (nSPS) is 12.6. The van der Waals surface area contributed by atoms with Crippen LogP contribution in [0.25, 0.3) is 11.1 Å². The van der Waals surface area contributed by atoms with Crippen LogP contribution in [0.2, 0.25) is 0 Å². The molecule has 168 valence electrons. The number of nitrogens with zero attached hydrogens (tertiary/aromatic N) is 1. The van der Waals surface area contributed by atoms with Gasteiger partial charge in [0.05, 0.1) is 17.7 Å². The Bertz CT molecular complexity index is 1260. The van der Waals surface area contributed by atoms with Crippen LogP contribution in [0.1, 0.15) is 49.1 Å². The van der Waals surface area contributed by atoms with Crippen LogP contribution < -0.4 is 5.32 Å². The van der Waals surface area contributed by atoms with Crippen LogP contribution in [-0.2, 0) is 9.53 Å². The van der Waals surface area contributed by atoms with Crippen molar-refractivity contribution in [3.8, 4) is 11.1 Å². The molecule has 33 heavy (non-hydrogen) atoms. The number of esters is 1. The van der Waals surface area contributed by atoms with E-state index in [-0.39, 0.29) is 23.3 Å². The molecule has 0 saturated carbocycles. The Morgan fingerprint density at radius 3 is 2.24 bits per heavy atom. The summed E-state index contributed by atoms with van der Waals surface area (Å²) >= 11 is 1.19. The van der Waals surface area contributed by atoms with Gasteiger partial charge in [-0.3, -0.25) is 19.3 Å². The van der Waals surface area contributed by atoms with Crippen molar-refractivity contribution in [3.05, 3.63) is 75.7 Å². The molecule has 1 N–H and O–H groups in total. The molecular formula is C25H22N2O5S. The number of hydrogen-bond donors (Lipinski definition) is 1. The van der Waals surface area contributed by atoms with E-state index in [1.54, 1.807) is 36.6 Å².